The lowest BCUT2D eigenvalue weighted by molar-refractivity contribution is -0.296. The lowest BCUT2D eigenvalue weighted by atomic mass is 10.1. The Morgan fingerprint density at radius 3 is 1.88 bits per heavy atom. The van der Waals surface area contributed by atoms with Gasteiger partial charge in [0.05, 0.1) is 12.2 Å². The molecule has 1 aliphatic heterocycles. The van der Waals surface area contributed by atoms with Crippen LogP contribution in [0.2, 0.25) is 0 Å². The smallest absolute Gasteiger partial charge is 0.407 e. The summed E-state index contributed by atoms with van der Waals surface area (Å²) in [6, 6.07) is 0. The summed E-state index contributed by atoms with van der Waals surface area (Å²) in [6.07, 6.45) is 2.64. The monoisotopic (exact) mass is 459 g/mol. The van der Waals surface area contributed by atoms with Crippen LogP contribution in [0.25, 0.3) is 0 Å². The minimum Gasteiger partial charge on any atom is -0.444 e. The van der Waals surface area contributed by atoms with Gasteiger partial charge in [-0.3, -0.25) is 0 Å². The van der Waals surface area contributed by atoms with Crippen molar-refractivity contribution in [2.75, 3.05) is 26.2 Å². The van der Waals surface area contributed by atoms with Crippen molar-refractivity contribution in [3.05, 3.63) is 0 Å². The molecule has 0 aromatic heterocycles. The lowest BCUT2D eigenvalue weighted by Gasteiger charge is -2.41. The number of carbonyl (C=O) groups is 2. The third-order valence-electron chi connectivity index (χ3n) is 4.37. The number of carbonyl (C=O) groups excluding carboxylic acids is 2. The Hall–Kier alpha value is -1.58. The molecular weight excluding hydrogens is 414 g/mol. The zero-order chi connectivity index (χ0) is 24.4. The van der Waals surface area contributed by atoms with Gasteiger partial charge in [-0.2, -0.15) is 0 Å². The SMILES string of the molecule is CC(C)(C)OC(=O)NCCCCCNC[C@H]1CC(CNC(=O)OC(C)(C)C)OC(C)(C)O1. The average Bonchev–Trinajstić information content (AvgIpc) is 2.58. The van der Waals surface area contributed by atoms with E-state index in [2.05, 4.69) is 16.0 Å². The maximum absolute atomic E-state index is 11.9. The molecule has 0 bridgehead atoms. The Morgan fingerprint density at radius 1 is 0.812 bits per heavy atom. The quantitative estimate of drug-likeness (QED) is 0.428. The number of hydrogen-bond acceptors (Lipinski definition) is 7. The zero-order valence-electron chi connectivity index (χ0n) is 21.3. The number of unbranched alkanes of at least 4 members (excludes halogenated alkanes) is 2. The second kappa shape index (κ2) is 12.6. The van der Waals surface area contributed by atoms with Crippen molar-refractivity contribution in [2.24, 2.45) is 0 Å². The Labute approximate surface area is 193 Å². The summed E-state index contributed by atoms with van der Waals surface area (Å²) in [6.45, 7) is 17.4. The molecule has 188 valence electrons. The highest BCUT2D eigenvalue weighted by Crippen LogP contribution is 2.26. The molecule has 2 amide bonds. The minimum atomic E-state index is -0.710. The fourth-order valence-electron chi connectivity index (χ4n) is 3.30. The third-order valence-corrected chi connectivity index (χ3v) is 4.37. The molecule has 1 fully saturated rings. The van der Waals surface area contributed by atoms with Crippen LogP contribution in [0.5, 0.6) is 0 Å². The van der Waals surface area contributed by atoms with Gasteiger partial charge in [0.2, 0.25) is 0 Å². The van der Waals surface area contributed by atoms with Crippen molar-refractivity contribution in [2.45, 2.75) is 110 Å². The van der Waals surface area contributed by atoms with E-state index in [-0.39, 0.29) is 18.3 Å². The molecule has 32 heavy (non-hydrogen) atoms. The van der Waals surface area contributed by atoms with E-state index in [9.17, 15) is 9.59 Å². The number of amides is 2. The first-order valence-electron chi connectivity index (χ1n) is 11.7. The van der Waals surface area contributed by atoms with Crippen molar-refractivity contribution in [1.29, 1.82) is 0 Å². The van der Waals surface area contributed by atoms with Crippen molar-refractivity contribution in [3.8, 4) is 0 Å². The van der Waals surface area contributed by atoms with Gasteiger partial charge in [-0.15, -0.1) is 0 Å². The van der Waals surface area contributed by atoms with E-state index in [1.165, 1.54) is 0 Å². The molecule has 9 nitrogen and oxygen atoms in total. The predicted octanol–water partition coefficient (Wildman–Crippen LogP) is 3.71. The van der Waals surface area contributed by atoms with E-state index in [0.29, 0.717) is 26.1 Å². The predicted molar refractivity (Wildman–Crippen MR) is 124 cm³/mol. The number of ether oxygens (including phenoxy) is 4. The molecule has 0 saturated carbocycles. The first-order chi connectivity index (χ1) is 14.7. The van der Waals surface area contributed by atoms with Crippen molar-refractivity contribution < 1.29 is 28.5 Å². The van der Waals surface area contributed by atoms with Crippen LogP contribution in [0, 0.1) is 0 Å². The Morgan fingerprint density at radius 2 is 1.31 bits per heavy atom. The molecule has 0 aliphatic carbocycles. The standard InChI is InChI=1S/C23H45N3O6/c1-21(2,3)31-19(27)25-13-11-9-10-12-24-15-17-14-18(30-23(7,8)29-17)16-26-20(28)32-22(4,5)6/h17-18,24H,9-16H2,1-8H3,(H,25,27)(H,26,28)/t17-,18?/m1/s1. The summed E-state index contributed by atoms with van der Waals surface area (Å²) in [5, 5.41) is 8.99. The van der Waals surface area contributed by atoms with Crippen molar-refractivity contribution in [1.82, 2.24) is 16.0 Å². The van der Waals surface area contributed by atoms with E-state index < -0.39 is 23.1 Å². The van der Waals surface area contributed by atoms with Gasteiger partial charge < -0.3 is 34.9 Å². The van der Waals surface area contributed by atoms with Gasteiger partial charge in [0.25, 0.3) is 0 Å². The molecule has 3 N–H and O–H groups in total. The summed E-state index contributed by atoms with van der Waals surface area (Å²) in [5.41, 5.74) is -1.00. The van der Waals surface area contributed by atoms with Crippen molar-refractivity contribution in [3.63, 3.8) is 0 Å². The van der Waals surface area contributed by atoms with Crippen LogP contribution in [0.1, 0.15) is 81.1 Å². The van der Waals surface area contributed by atoms with Crippen LogP contribution in [0.3, 0.4) is 0 Å². The fraction of sp³-hybridized carbons (Fsp3) is 0.913. The van der Waals surface area contributed by atoms with E-state index in [1.807, 2.05) is 55.4 Å². The van der Waals surface area contributed by atoms with Gasteiger partial charge in [0, 0.05) is 26.1 Å². The molecule has 0 aromatic carbocycles. The Kier molecular flexibility index (Phi) is 11.2. The van der Waals surface area contributed by atoms with Crippen LogP contribution in [-0.4, -0.2) is 67.6 Å². The maximum atomic E-state index is 11.9. The molecule has 0 radical (unpaired) electrons. The first-order valence-corrected chi connectivity index (χ1v) is 11.7. The van der Waals surface area contributed by atoms with E-state index >= 15 is 0 Å². The second-order valence-corrected chi connectivity index (χ2v) is 10.7. The molecule has 0 spiro atoms. The van der Waals surface area contributed by atoms with Gasteiger partial charge in [0.1, 0.15) is 11.2 Å². The van der Waals surface area contributed by atoms with Gasteiger partial charge in [-0.25, -0.2) is 9.59 Å². The second-order valence-electron chi connectivity index (χ2n) is 10.7. The highest BCUT2D eigenvalue weighted by atomic mass is 16.7. The minimum absolute atomic E-state index is 0.00183. The summed E-state index contributed by atoms with van der Waals surface area (Å²) in [4.78, 5) is 23.5. The van der Waals surface area contributed by atoms with Crippen LogP contribution in [0.4, 0.5) is 9.59 Å². The average molecular weight is 460 g/mol. The number of nitrogens with one attached hydrogen (secondary N) is 3. The summed E-state index contributed by atoms with van der Waals surface area (Å²) < 4.78 is 22.4. The van der Waals surface area contributed by atoms with Gasteiger partial charge in [0.15, 0.2) is 5.79 Å². The topological polar surface area (TPSA) is 107 Å². The van der Waals surface area contributed by atoms with Crippen LogP contribution < -0.4 is 16.0 Å². The zero-order valence-corrected chi connectivity index (χ0v) is 21.3. The van der Waals surface area contributed by atoms with Crippen LogP contribution >= 0.6 is 0 Å². The van der Waals surface area contributed by atoms with Gasteiger partial charge in [-0.1, -0.05) is 6.42 Å². The van der Waals surface area contributed by atoms with E-state index in [1.54, 1.807) is 0 Å². The fourth-order valence-corrected chi connectivity index (χ4v) is 3.30. The molecular formula is C23H45N3O6. The summed E-state index contributed by atoms with van der Waals surface area (Å²) in [5.74, 6) is -0.710. The molecule has 1 rings (SSSR count). The molecule has 2 atom stereocenters. The van der Waals surface area contributed by atoms with Crippen LogP contribution in [0.15, 0.2) is 0 Å². The Balaban J connectivity index is 2.20. The Bertz CT molecular complexity index is 583. The third kappa shape index (κ3) is 14.5. The molecule has 1 aliphatic rings. The lowest BCUT2D eigenvalue weighted by Crippen LogP contribution is -2.51. The number of alkyl carbamates (subject to hydrolysis) is 2. The van der Waals surface area contributed by atoms with Crippen LogP contribution in [-0.2, 0) is 18.9 Å². The maximum Gasteiger partial charge on any atom is 0.407 e. The number of rotatable bonds is 10. The summed E-state index contributed by atoms with van der Waals surface area (Å²) >= 11 is 0. The van der Waals surface area contributed by atoms with Crippen molar-refractivity contribution >= 4 is 12.2 Å². The highest BCUT2D eigenvalue weighted by molar-refractivity contribution is 5.67. The largest absolute Gasteiger partial charge is 0.444 e. The summed E-state index contributed by atoms with van der Waals surface area (Å²) in [7, 11) is 0. The van der Waals surface area contributed by atoms with E-state index in [0.717, 1.165) is 25.8 Å². The molecule has 0 aromatic rings. The molecule has 1 unspecified atom stereocenters. The molecule has 9 heteroatoms. The molecule has 1 heterocycles. The van der Waals surface area contributed by atoms with Gasteiger partial charge in [-0.05, 0) is 74.8 Å². The highest BCUT2D eigenvalue weighted by Gasteiger charge is 2.35. The molecule has 1 saturated heterocycles. The number of hydrogen-bond donors (Lipinski definition) is 3. The van der Waals surface area contributed by atoms with E-state index in [4.69, 9.17) is 18.9 Å². The normalized spacial score (nSPS) is 21.0. The van der Waals surface area contributed by atoms with Gasteiger partial charge >= 0.3 is 12.2 Å². The first kappa shape index (κ1) is 28.5.